The first-order chi connectivity index (χ1) is 12.0. The number of halogens is 1. The van der Waals surface area contributed by atoms with E-state index >= 15 is 0 Å². The van der Waals surface area contributed by atoms with Gasteiger partial charge in [-0.25, -0.2) is 4.68 Å². The molecule has 0 bridgehead atoms. The lowest BCUT2D eigenvalue weighted by Crippen LogP contribution is -2.42. The first-order valence-electron chi connectivity index (χ1n) is 7.44. The van der Waals surface area contributed by atoms with Crippen LogP contribution in [0.5, 0.6) is 0 Å². The summed E-state index contributed by atoms with van der Waals surface area (Å²) in [5.41, 5.74) is 6.38. The molecule has 2 aromatic heterocycles. The molecule has 7 nitrogen and oxygen atoms in total. The van der Waals surface area contributed by atoms with Crippen molar-refractivity contribution < 1.29 is 14.0 Å². The summed E-state index contributed by atoms with van der Waals surface area (Å²) in [6.45, 7) is 3.32. The van der Waals surface area contributed by atoms with Gasteiger partial charge in [-0.1, -0.05) is 29.8 Å². The molecule has 3 rings (SSSR count). The Balaban J connectivity index is 1.78. The minimum Gasteiger partial charge on any atom is -0.469 e. The lowest BCUT2D eigenvalue weighted by molar-refractivity contribution is 0.0845. The summed E-state index contributed by atoms with van der Waals surface area (Å²) in [5.74, 6) is -0.583. The van der Waals surface area contributed by atoms with Crippen molar-refractivity contribution in [2.24, 2.45) is 0 Å². The third-order valence-corrected chi connectivity index (χ3v) is 3.97. The number of hydrogen-bond donors (Lipinski definition) is 2. The fraction of sp³-hybridized carbons (Fsp3) is 0.118. The summed E-state index contributed by atoms with van der Waals surface area (Å²) in [5, 5.41) is 4.45. The lowest BCUT2D eigenvalue weighted by Gasteiger charge is -2.07. The summed E-state index contributed by atoms with van der Waals surface area (Å²) >= 11 is 6.31. The molecule has 2 heterocycles. The topological polar surface area (TPSA) is 89.2 Å². The van der Waals surface area contributed by atoms with Crippen LogP contribution in [-0.2, 0) is 0 Å². The predicted octanol–water partition coefficient (Wildman–Crippen LogP) is 2.81. The Bertz CT molecular complexity index is 931. The van der Waals surface area contributed by atoms with Gasteiger partial charge < -0.3 is 4.42 Å². The van der Waals surface area contributed by atoms with E-state index in [4.69, 9.17) is 16.0 Å². The van der Waals surface area contributed by atoms with Crippen molar-refractivity contribution in [2.75, 3.05) is 0 Å². The average Bonchev–Trinajstić information content (AvgIpc) is 3.16. The van der Waals surface area contributed by atoms with Crippen LogP contribution in [0.1, 0.15) is 32.2 Å². The summed E-state index contributed by atoms with van der Waals surface area (Å²) < 4.78 is 6.53. The van der Waals surface area contributed by atoms with Gasteiger partial charge in [-0.15, -0.1) is 0 Å². The van der Waals surface area contributed by atoms with E-state index in [1.165, 1.54) is 17.0 Å². The third kappa shape index (κ3) is 3.27. The van der Waals surface area contributed by atoms with Crippen molar-refractivity contribution in [3.8, 4) is 5.69 Å². The van der Waals surface area contributed by atoms with Gasteiger partial charge in [0.2, 0.25) is 0 Å². The van der Waals surface area contributed by atoms with E-state index < -0.39 is 11.8 Å². The normalized spacial score (nSPS) is 10.5. The molecular weight excluding hydrogens is 344 g/mol. The number of aryl methyl sites for hydroxylation is 2. The highest BCUT2D eigenvalue weighted by molar-refractivity contribution is 6.33. The molecule has 0 aliphatic carbocycles. The molecule has 0 atom stereocenters. The number of para-hydroxylation sites is 1. The largest absolute Gasteiger partial charge is 0.469 e. The fourth-order valence-corrected chi connectivity index (χ4v) is 2.72. The number of furan rings is 1. The Morgan fingerprint density at radius 3 is 2.40 bits per heavy atom. The van der Waals surface area contributed by atoms with E-state index in [0.717, 1.165) is 5.69 Å². The molecule has 0 aliphatic heterocycles. The van der Waals surface area contributed by atoms with Crippen LogP contribution in [0.15, 0.2) is 47.1 Å². The van der Waals surface area contributed by atoms with Crippen LogP contribution in [0.3, 0.4) is 0 Å². The number of hydrazine groups is 1. The van der Waals surface area contributed by atoms with Gasteiger partial charge in [-0.2, -0.15) is 5.10 Å². The van der Waals surface area contributed by atoms with Gasteiger partial charge >= 0.3 is 0 Å². The standard InChI is InChI=1S/C17H15ClN4O3/c1-10-14(15(18)22(21-10)12-6-4-3-5-7-12)17(24)20-19-16(23)13-8-9-25-11(13)2/h3-9H,1-2H3,(H,19,23)(H,20,24). The van der Waals surface area contributed by atoms with Crippen molar-refractivity contribution >= 4 is 23.4 Å². The van der Waals surface area contributed by atoms with Crippen molar-refractivity contribution in [1.29, 1.82) is 0 Å². The van der Waals surface area contributed by atoms with Crippen LogP contribution < -0.4 is 10.9 Å². The number of carbonyl (C=O) groups excluding carboxylic acids is 2. The highest BCUT2D eigenvalue weighted by atomic mass is 35.5. The zero-order chi connectivity index (χ0) is 18.0. The molecule has 0 radical (unpaired) electrons. The molecule has 128 valence electrons. The second-order valence-corrected chi connectivity index (χ2v) is 5.66. The summed E-state index contributed by atoms with van der Waals surface area (Å²) in [6.07, 6.45) is 1.40. The zero-order valence-electron chi connectivity index (χ0n) is 13.5. The van der Waals surface area contributed by atoms with E-state index in [1.807, 2.05) is 30.3 Å². The number of amides is 2. The van der Waals surface area contributed by atoms with Crippen molar-refractivity contribution in [1.82, 2.24) is 20.6 Å². The number of carbonyl (C=O) groups is 2. The lowest BCUT2D eigenvalue weighted by atomic mass is 10.2. The van der Waals surface area contributed by atoms with Crippen LogP contribution in [0.2, 0.25) is 5.15 Å². The molecule has 2 amide bonds. The van der Waals surface area contributed by atoms with Crippen molar-refractivity contribution in [2.45, 2.75) is 13.8 Å². The quantitative estimate of drug-likeness (QED) is 0.704. The van der Waals surface area contributed by atoms with E-state index in [-0.39, 0.29) is 10.7 Å². The molecule has 25 heavy (non-hydrogen) atoms. The molecule has 0 unspecified atom stereocenters. The monoisotopic (exact) mass is 358 g/mol. The second kappa shape index (κ2) is 6.82. The number of nitrogens with one attached hydrogen (secondary N) is 2. The molecule has 0 spiro atoms. The molecule has 3 aromatic rings. The molecule has 2 N–H and O–H groups in total. The summed E-state index contributed by atoms with van der Waals surface area (Å²) in [7, 11) is 0. The number of aromatic nitrogens is 2. The van der Waals surface area contributed by atoms with E-state index in [9.17, 15) is 9.59 Å². The van der Waals surface area contributed by atoms with Crippen molar-refractivity contribution in [3.63, 3.8) is 0 Å². The average molecular weight is 359 g/mol. The molecule has 0 fully saturated rings. The first kappa shape index (κ1) is 16.8. The molecule has 1 aromatic carbocycles. The van der Waals surface area contributed by atoms with Crippen LogP contribution in [0, 0.1) is 13.8 Å². The highest BCUT2D eigenvalue weighted by Crippen LogP contribution is 2.23. The summed E-state index contributed by atoms with van der Waals surface area (Å²) in [4.78, 5) is 24.4. The molecule has 0 saturated carbocycles. The molecule has 0 saturated heterocycles. The number of rotatable bonds is 3. The molecular formula is C17H15ClN4O3. The number of nitrogens with zero attached hydrogens (tertiary/aromatic N) is 2. The highest BCUT2D eigenvalue weighted by Gasteiger charge is 2.22. The van der Waals surface area contributed by atoms with Gasteiger partial charge in [0.05, 0.1) is 23.2 Å². The molecule has 0 aliphatic rings. The zero-order valence-corrected chi connectivity index (χ0v) is 14.3. The van der Waals surface area contributed by atoms with Gasteiger partial charge in [0.25, 0.3) is 11.8 Å². The number of hydrogen-bond acceptors (Lipinski definition) is 4. The third-order valence-electron chi connectivity index (χ3n) is 3.62. The number of benzene rings is 1. The maximum absolute atomic E-state index is 12.4. The minimum atomic E-state index is -0.556. The fourth-order valence-electron chi connectivity index (χ4n) is 2.36. The Morgan fingerprint density at radius 2 is 1.76 bits per heavy atom. The van der Waals surface area contributed by atoms with Crippen molar-refractivity contribution in [3.05, 3.63) is 70.4 Å². The predicted molar refractivity (Wildman–Crippen MR) is 91.7 cm³/mol. The molecule has 8 heteroatoms. The smallest absolute Gasteiger partial charge is 0.274 e. The van der Waals surface area contributed by atoms with Crippen LogP contribution in [0.25, 0.3) is 5.69 Å². The van der Waals surface area contributed by atoms with E-state index in [2.05, 4.69) is 16.0 Å². The Kier molecular flexibility index (Phi) is 4.58. The van der Waals surface area contributed by atoms with E-state index in [0.29, 0.717) is 17.0 Å². The van der Waals surface area contributed by atoms with Gasteiger partial charge in [0, 0.05) is 0 Å². The van der Waals surface area contributed by atoms with Crippen LogP contribution in [0.4, 0.5) is 0 Å². The van der Waals surface area contributed by atoms with Gasteiger partial charge in [0.15, 0.2) is 0 Å². The van der Waals surface area contributed by atoms with Crippen LogP contribution in [-0.4, -0.2) is 21.6 Å². The van der Waals surface area contributed by atoms with Gasteiger partial charge in [-0.05, 0) is 32.0 Å². The maximum atomic E-state index is 12.4. The van der Waals surface area contributed by atoms with E-state index in [1.54, 1.807) is 13.8 Å². The first-order valence-corrected chi connectivity index (χ1v) is 7.82. The maximum Gasteiger partial charge on any atom is 0.274 e. The second-order valence-electron chi connectivity index (χ2n) is 5.30. The SMILES string of the molecule is Cc1nn(-c2ccccc2)c(Cl)c1C(=O)NNC(=O)c1ccoc1C. The Labute approximate surface area is 148 Å². The van der Waals surface area contributed by atoms with Crippen LogP contribution >= 0.6 is 11.6 Å². The minimum absolute atomic E-state index is 0.162. The Morgan fingerprint density at radius 1 is 1.08 bits per heavy atom. The Hall–Kier alpha value is -3.06. The van der Waals surface area contributed by atoms with Gasteiger partial charge in [-0.3, -0.25) is 20.4 Å². The van der Waals surface area contributed by atoms with Gasteiger partial charge in [0.1, 0.15) is 16.5 Å². The summed E-state index contributed by atoms with van der Waals surface area (Å²) in [6, 6.07) is 10.7.